The van der Waals surface area contributed by atoms with Gasteiger partial charge in [0, 0.05) is 61.2 Å². The molecule has 5 aromatic heterocycles. The summed E-state index contributed by atoms with van der Waals surface area (Å²) >= 11 is 0. The van der Waals surface area contributed by atoms with Crippen LogP contribution >= 0.6 is 0 Å². The molecule has 1 fully saturated rings. The van der Waals surface area contributed by atoms with E-state index in [9.17, 15) is 5.26 Å². The molecule has 0 radical (unpaired) electrons. The van der Waals surface area contributed by atoms with Gasteiger partial charge in [0.25, 0.3) is 0 Å². The molecule has 46 heavy (non-hydrogen) atoms. The van der Waals surface area contributed by atoms with Crippen LogP contribution in [0.2, 0.25) is 0 Å². The summed E-state index contributed by atoms with van der Waals surface area (Å²) in [4.78, 5) is 25.2. The van der Waals surface area contributed by atoms with Crippen LogP contribution in [0.15, 0.2) is 73.3 Å². The van der Waals surface area contributed by atoms with Gasteiger partial charge in [-0.25, -0.2) is 29.6 Å². The highest BCUT2D eigenvalue weighted by molar-refractivity contribution is 5.83. The van der Waals surface area contributed by atoms with Crippen molar-refractivity contribution in [2.75, 3.05) is 23.7 Å². The van der Waals surface area contributed by atoms with Gasteiger partial charge in [0.05, 0.1) is 5.56 Å². The Morgan fingerprint density at radius 3 is 2.67 bits per heavy atom. The van der Waals surface area contributed by atoms with Gasteiger partial charge in [-0.05, 0) is 86.2 Å². The van der Waals surface area contributed by atoms with Gasteiger partial charge in [-0.3, -0.25) is 4.57 Å². The van der Waals surface area contributed by atoms with E-state index in [-0.39, 0.29) is 5.82 Å². The largest absolute Gasteiger partial charge is 0.383 e. The van der Waals surface area contributed by atoms with Gasteiger partial charge in [0.15, 0.2) is 17.3 Å². The minimum absolute atomic E-state index is 0.219. The van der Waals surface area contributed by atoms with E-state index in [1.165, 1.54) is 11.1 Å². The highest BCUT2D eigenvalue weighted by Gasteiger charge is 2.29. The molecule has 0 amide bonds. The van der Waals surface area contributed by atoms with E-state index in [1.54, 1.807) is 23.3 Å². The molecule has 8 rings (SSSR count). The molecule has 6 heterocycles. The predicted molar refractivity (Wildman–Crippen MR) is 175 cm³/mol. The monoisotopic (exact) mass is 608 g/mol. The number of hydrogen-bond acceptors (Lipinski definition) is 10. The van der Waals surface area contributed by atoms with Gasteiger partial charge in [0.1, 0.15) is 23.2 Å². The van der Waals surface area contributed by atoms with Crippen LogP contribution in [0.1, 0.15) is 47.8 Å². The average Bonchev–Trinajstić information content (AvgIpc) is 3.85. The molecule has 6 aromatic rings. The van der Waals surface area contributed by atoms with Crippen molar-refractivity contribution in [2.24, 2.45) is 0 Å². The summed E-state index contributed by atoms with van der Waals surface area (Å²) in [7, 11) is 0. The Balaban J connectivity index is 1.07. The molecule has 1 aliphatic carbocycles. The van der Waals surface area contributed by atoms with Crippen molar-refractivity contribution in [2.45, 2.75) is 44.7 Å². The lowest BCUT2D eigenvalue weighted by molar-refractivity contribution is 0.367. The number of nitrogens with one attached hydrogen (secondary N) is 1. The maximum absolute atomic E-state index is 9.25. The van der Waals surface area contributed by atoms with E-state index in [0.29, 0.717) is 29.5 Å². The molecule has 12 nitrogen and oxygen atoms in total. The lowest BCUT2D eigenvalue weighted by Crippen LogP contribution is -2.44. The maximum atomic E-state index is 9.25. The average molecular weight is 609 g/mol. The van der Waals surface area contributed by atoms with Gasteiger partial charge < -0.3 is 16.0 Å². The Morgan fingerprint density at radius 1 is 0.978 bits per heavy atom. The number of aromatic nitrogens is 8. The number of benzene rings is 1. The SMILES string of the molecule is Cc1cnc(C#N)nc1N1CCC(N[C@H]2CCc3cc(-n4c(-c5cccnc5N)nc5ccc(-n6cccn6)nc54)ccc32)CC1. The first-order valence-corrected chi connectivity index (χ1v) is 15.5. The number of rotatable bonds is 6. The fourth-order valence-electron chi connectivity index (χ4n) is 6.78. The zero-order valence-electron chi connectivity index (χ0n) is 25.4. The predicted octanol–water partition coefficient (Wildman–Crippen LogP) is 4.47. The summed E-state index contributed by atoms with van der Waals surface area (Å²) < 4.78 is 3.83. The molecule has 1 saturated heterocycles. The number of imidazole rings is 1. The van der Waals surface area contributed by atoms with Crippen LogP contribution in [-0.2, 0) is 6.42 Å². The fourth-order valence-corrected chi connectivity index (χ4v) is 6.78. The molecular weight excluding hydrogens is 576 g/mol. The molecule has 1 atom stereocenters. The minimum atomic E-state index is 0.219. The third-order valence-corrected chi connectivity index (χ3v) is 9.05. The van der Waals surface area contributed by atoms with Crippen molar-refractivity contribution >= 4 is 22.8 Å². The highest BCUT2D eigenvalue weighted by Crippen LogP contribution is 2.37. The number of hydrogen-bond donors (Lipinski definition) is 2. The number of nitrogen functional groups attached to an aromatic ring is 1. The first-order valence-electron chi connectivity index (χ1n) is 15.5. The van der Waals surface area contributed by atoms with Gasteiger partial charge in [-0.2, -0.15) is 10.4 Å². The molecule has 3 N–H and O–H groups in total. The second-order valence-electron chi connectivity index (χ2n) is 11.9. The lowest BCUT2D eigenvalue weighted by Gasteiger charge is -2.35. The molecule has 12 heteroatoms. The molecule has 1 aliphatic heterocycles. The number of aryl methyl sites for hydroxylation is 2. The van der Waals surface area contributed by atoms with Crippen molar-refractivity contribution < 1.29 is 0 Å². The van der Waals surface area contributed by atoms with Gasteiger partial charge in [0.2, 0.25) is 5.82 Å². The van der Waals surface area contributed by atoms with Crippen molar-refractivity contribution in [1.82, 2.24) is 44.6 Å². The summed E-state index contributed by atoms with van der Waals surface area (Å²) in [5.41, 5.74) is 13.3. The quantitative estimate of drug-likeness (QED) is 0.277. The summed E-state index contributed by atoms with van der Waals surface area (Å²) in [6, 6.07) is 19.0. The van der Waals surface area contributed by atoms with Gasteiger partial charge in [-0.15, -0.1) is 0 Å². The second kappa shape index (κ2) is 11.4. The smallest absolute Gasteiger partial charge is 0.234 e. The Morgan fingerprint density at radius 2 is 1.87 bits per heavy atom. The van der Waals surface area contributed by atoms with Gasteiger partial charge in [-0.1, -0.05) is 6.07 Å². The fraction of sp³-hybridized carbons (Fsp3) is 0.265. The van der Waals surface area contributed by atoms with Crippen LogP contribution in [0.5, 0.6) is 0 Å². The summed E-state index contributed by atoms with van der Waals surface area (Å²) in [5.74, 6) is 2.92. The third-order valence-electron chi connectivity index (χ3n) is 9.05. The van der Waals surface area contributed by atoms with E-state index < -0.39 is 0 Å². The van der Waals surface area contributed by atoms with E-state index in [4.69, 9.17) is 15.7 Å². The first kappa shape index (κ1) is 27.8. The Kier molecular flexibility index (Phi) is 6.88. The molecule has 0 unspecified atom stereocenters. The van der Waals surface area contributed by atoms with E-state index in [0.717, 1.165) is 72.6 Å². The number of nitrogens with zero attached hydrogens (tertiary/aromatic N) is 10. The number of pyridine rings is 2. The zero-order chi connectivity index (χ0) is 31.2. The Hall–Kier alpha value is -5.67. The number of nitrogens with two attached hydrogens (primary N) is 1. The maximum Gasteiger partial charge on any atom is 0.234 e. The van der Waals surface area contributed by atoms with E-state index in [2.05, 4.69) is 59.1 Å². The number of nitriles is 1. The van der Waals surface area contributed by atoms with Crippen molar-refractivity contribution in [1.29, 1.82) is 5.26 Å². The van der Waals surface area contributed by atoms with Crippen molar-refractivity contribution in [3.05, 3.63) is 95.8 Å². The Labute approximate surface area is 265 Å². The Bertz CT molecular complexity index is 2100. The number of fused-ring (bicyclic) bond motifs is 2. The summed E-state index contributed by atoms with van der Waals surface area (Å²) in [6.07, 6.45) is 11.1. The van der Waals surface area contributed by atoms with Crippen LogP contribution in [0.4, 0.5) is 11.6 Å². The number of anilines is 2. The zero-order valence-corrected chi connectivity index (χ0v) is 25.4. The van der Waals surface area contributed by atoms with E-state index in [1.807, 2.05) is 43.5 Å². The third kappa shape index (κ3) is 4.91. The highest BCUT2D eigenvalue weighted by atomic mass is 15.3. The molecular formula is C34H32N12. The number of piperidine rings is 1. The minimum Gasteiger partial charge on any atom is -0.383 e. The molecule has 1 aromatic carbocycles. The second-order valence-corrected chi connectivity index (χ2v) is 11.9. The molecule has 0 saturated carbocycles. The summed E-state index contributed by atoms with van der Waals surface area (Å²) in [5, 5.41) is 17.6. The topological polar surface area (TPSA) is 152 Å². The van der Waals surface area contributed by atoms with Gasteiger partial charge >= 0.3 is 0 Å². The van der Waals surface area contributed by atoms with Crippen LogP contribution in [-0.4, -0.2) is 58.4 Å². The molecule has 228 valence electrons. The first-order chi connectivity index (χ1) is 22.6. The normalized spacial score (nSPS) is 16.5. The standard InChI is InChI=1S/C34H32N12/c1-21-20-38-29(19-35)42-32(21)44-16-11-23(12-17-44)40-27-8-5-22-18-24(6-7-25(22)27)46-33(26-4-2-13-37-31(26)36)41-28-9-10-30(43-34(28)46)45-15-3-14-39-45/h2-4,6-7,9-10,13-15,18,20,23,27,40H,5,8,11-12,16-17H2,1H3,(H2,36,37)/t27-/m0/s1. The van der Waals surface area contributed by atoms with Crippen LogP contribution in [0.3, 0.4) is 0 Å². The van der Waals surface area contributed by atoms with Crippen molar-refractivity contribution in [3.8, 4) is 29.0 Å². The van der Waals surface area contributed by atoms with Crippen LogP contribution in [0.25, 0.3) is 34.1 Å². The molecule has 0 spiro atoms. The molecule has 0 bridgehead atoms. The van der Waals surface area contributed by atoms with Crippen molar-refractivity contribution in [3.63, 3.8) is 0 Å². The van der Waals surface area contributed by atoms with E-state index >= 15 is 0 Å². The lowest BCUT2D eigenvalue weighted by atomic mass is 10.0. The molecule has 2 aliphatic rings. The summed E-state index contributed by atoms with van der Waals surface area (Å²) in [6.45, 7) is 3.78. The van der Waals surface area contributed by atoms with Crippen LogP contribution in [0, 0.1) is 18.3 Å². The van der Waals surface area contributed by atoms with Crippen LogP contribution < -0.4 is 16.0 Å².